The summed E-state index contributed by atoms with van der Waals surface area (Å²) in [4.78, 5) is 16.3. The minimum atomic E-state index is -0.115. The molecule has 0 aliphatic heterocycles. The van der Waals surface area contributed by atoms with Gasteiger partial charge < -0.3 is 20.7 Å². The molecule has 0 bridgehead atoms. The second-order valence-corrected chi connectivity index (χ2v) is 6.02. The lowest BCUT2D eigenvalue weighted by Crippen LogP contribution is -2.42. The summed E-state index contributed by atoms with van der Waals surface area (Å²) in [6, 6.07) is 15.8. The first-order chi connectivity index (χ1) is 13.2. The number of benzene rings is 2. The van der Waals surface area contributed by atoms with E-state index in [4.69, 9.17) is 4.74 Å². The molecule has 0 aromatic heterocycles. The summed E-state index contributed by atoms with van der Waals surface area (Å²) < 4.78 is 5.35. The molecule has 7 heteroatoms. The second kappa shape index (κ2) is 13.0. The minimum Gasteiger partial charge on any atom is -0.496 e. The fraction of sp³-hybridized carbons (Fsp3) is 0.333. The second-order valence-electron chi connectivity index (χ2n) is 6.02. The third-order valence-corrected chi connectivity index (χ3v) is 4.14. The van der Waals surface area contributed by atoms with Gasteiger partial charge in [0.1, 0.15) is 5.75 Å². The normalized spacial score (nSPS) is 10.6. The van der Waals surface area contributed by atoms with Crippen molar-refractivity contribution >= 4 is 41.5 Å². The van der Waals surface area contributed by atoms with E-state index in [0.717, 1.165) is 29.8 Å². The number of ether oxygens (including phenoxy) is 1. The predicted octanol–water partition coefficient (Wildman–Crippen LogP) is 3.22. The molecule has 0 aliphatic carbocycles. The average molecular weight is 496 g/mol. The number of nitrogens with one attached hydrogen (secondary N) is 3. The Bertz CT molecular complexity index is 781. The molecule has 2 rings (SSSR count). The van der Waals surface area contributed by atoms with Crippen LogP contribution in [0.2, 0.25) is 0 Å². The fourth-order valence-corrected chi connectivity index (χ4v) is 2.68. The number of anilines is 1. The Labute approximate surface area is 184 Å². The predicted molar refractivity (Wildman–Crippen MR) is 126 cm³/mol. The number of hydrogen-bond donors (Lipinski definition) is 3. The first-order valence-electron chi connectivity index (χ1n) is 9.11. The Hall–Kier alpha value is -2.29. The molecule has 0 atom stereocenters. The Morgan fingerprint density at radius 1 is 1.11 bits per heavy atom. The van der Waals surface area contributed by atoms with Gasteiger partial charge in [0.2, 0.25) is 5.91 Å². The van der Waals surface area contributed by atoms with Crippen molar-refractivity contribution in [3.05, 3.63) is 59.7 Å². The molecule has 0 saturated carbocycles. The van der Waals surface area contributed by atoms with Crippen LogP contribution in [0.25, 0.3) is 0 Å². The first kappa shape index (κ1) is 23.7. The third-order valence-electron chi connectivity index (χ3n) is 4.14. The van der Waals surface area contributed by atoms with E-state index in [1.165, 1.54) is 5.56 Å². The smallest absolute Gasteiger partial charge is 0.243 e. The summed E-state index contributed by atoms with van der Waals surface area (Å²) in [6.45, 7) is 2.91. The van der Waals surface area contributed by atoms with Gasteiger partial charge in [0, 0.05) is 19.3 Å². The third kappa shape index (κ3) is 7.75. The molecule has 152 valence electrons. The quantitative estimate of drug-likeness (QED) is 0.298. The fourth-order valence-electron chi connectivity index (χ4n) is 2.68. The van der Waals surface area contributed by atoms with Crippen LogP contribution in [-0.2, 0) is 17.6 Å². The van der Waals surface area contributed by atoms with E-state index in [0.29, 0.717) is 12.5 Å². The molecular formula is C21H29IN4O2. The molecule has 0 spiro atoms. The molecule has 0 radical (unpaired) electrons. The van der Waals surface area contributed by atoms with Gasteiger partial charge in [0.05, 0.1) is 13.7 Å². The number of aryl methyl sites for hydroxylation is 1. The summed E-state index contributed by atoms with van der Waals surface area (Å²) >= 11 is 0. The van der Waals surface area contributed by atoms with E-state index in [1.54, 1.807) is 14.2 Å². The van der Waals surface area contributed by atoms with Gasteiger partial charge in [-0.1, -0.05) is 37.3 Å². The summed E-state index contributed by atoms with van der Waals surface area (Å²) in [6.07, 6.45) is 1.73. The molecule has 0 saturated heterocycles. The molecule has 0 unspecified atom stereocenters. The van der Waals surface area contributed by atoms with Gasteiger partial charge in [0.25, 0.3) is 0 Å². The molecule has 0 fully saturated rings. The number of rotatable bonds is 8. The van der Waals surface area contributed by atoms with Crippen LogP contribution >= 0.6 is 24.0 Å². The molecular weight excluding hydrogens is 467 g/mol. The van der Waals surface area contributed by atoms with Crippen molar-refractivity contribution in [2.75, 3.05) is 32.6 Å². The van der Waals surface area contributed by atoms with Crippen LogP contribution in [0, 0.1) is 0 Å². The first-order valence-corrected chi connectivity index (χ1v) is 9.11. The van der Waals surface area contributed by atoms with Gasteiger partial charge >= 0.3 is 0 Å². The van der Waals surface area contributed by atoms with E-state index in [2.05, 4.69) is 27.9 Å². The highest BCUT2D eigenvalue weighted by Crippen LogP contribution is 2.17. The maximum Gasteiger partial charge on any atom is 0.243 e. The molecule has 0 heterocycles. The zero-order chi connectivity index (χ0) is 19.5. The molecule has 2 aromatic rings. The van der Waals surface area contributed by atoms with Crippen molar-refractivity contribution < 1.29 is 9.53 Å². The lowest BCUT2D eigenvalue weighted by atomic mass is 10.1. The van der Waals surface area contributed by atoms with Gasteiger partial charge in [-0.2, -0.15) is 0 Å². The van der Waals surface area contributed by atoms with E-state index < -0.39 is 0 Å². The van der Waals surface area contributed by atoms with Crippen LogP contribution in [0.4, 0.5) is 5.69 Å². The number of aliphatic imine (C=N–C) groups is 1. The number of para-hydroxylation sites is 1. The van der Waals surface area contributed by atoms with Crippen molar-refractivity contribution in [2.24, 2.45) is 4.99 Å². The zero-order valence-electron chi connectivity index (χ0n) is 16.6. The Kier molecular flexibility index (Phi) is 11.0. The highest BCUT2D eigenvalue weighted by atomic mass is 127. The van der Waals surface area contributed by atoms with Crippen LogP contribution in [0.3, 0.4) is 0 Å². The van der Waals surface area contributed by atoms with Crippen molar-refractivity contribution in [1.29, 1.82) is 0 Å². The number of methoxy groups -OCH3 is 1. The molecule has 28 heavy (non-hydrogen) atoms. The maximum atomic E-state index is 12.1. The minimum absolute atomic E-state index is 0. The largest absolute Gasteiger partial charge is 0.496 e. The van der Waals surface area contributed by atoms with Crippen molar-refractivity contribution in [2.45, 2.75) is 19.8 Å². The SMILES string of the molecule is CCc1cccc(NC(=O)CNC(=NC)NCCc2ccccc2OC)c1.I. The number of carbonyl (C=O) groups excluding carboxylic acids is 1. The monoisotopic (exact) mass is 496 g/mol. The number of halogens is 1. The van der Waals surface area contributed by atoms with Crippen LogP contribution in [-0.4, -0.2) is 39.1 Å². The highest BCUT2D eigenvalue weighted by molar-refractivity contribution is 14.0. The lowest BCUT2D eigenvalue weighted by Gasteiger charge is -2.13. The Balaban J connectivity index is 0.00000392. The summed E-state index contributed by atoms with van der Waals surface area (Å²) in [7, 11) is 3.35. The molecule has 6 nitrogen and oxygen atoms in total. The number of amides is 1. The lowest BCUT2D eigenvalue weighted by molar-refractivity contribution is -0.115. The Morgan fingerprint density at radius 2 is 1.89 bits per heavy atom. The van der Waals surface area contributed by atoms with Crippen LogP contribution in [0.15, 0.2) is 53.5 Å². The summed E-state index contributed by atoms with van der Waals surface area (Å²) in [5.74, 6) is 1.34. The topological polar surface area (TPSA) is 74.8 Å². The van der Waals surface area contributed by atoms with Crippen LogP contribution in [0.1, 0.15) is 18.1 Å². The van der Waals surface area contributed by atoms with E-state index in [9.17, 15) is 4.79 Å². The van der Waals surface area contributed by atoms with Crippen molar-refractivity contribution in [3.8, 4) is 5.75 Å². The highest BCUT2D eigenvalue weighted by Gasteiger charge is 2.06. The van der Waals surface area contributed by atoms with Crippen LogP contribution < -0.4 is 20.7 Å². The van der Waals surface area contributed by atoms with Crippen molar-refractivity contribution in [1.82, 2.24) is 10.6 Å². The molecule has 0 aliphatic rings. The van der Waals surface area contributed by atoms with Gasteiger partial charge in [-0.05, 0) is 42.2 Å². The summed E-state index contributed by atoms with van der Waals surface area (Å²) in [5.41, 5.74) is 3.12. The van der Waals surface area contributed by atoms with E-state index >= 15 is 0 Å². The van der Waals surface area contributed by atoms with Gasteiger partial charge in [-0.3, -0.25) is 9.79 Å². The summed E-state index contributed by atoms with van der Waals surface area (Å²) in [5, 5.41) is 9.13. The van der Waals surface area contributed by atoms with Gasteiger partial charge in [0.15, 0.2) is 5.96 Å². The van der Waals surface area contributed by atoms with E-state index in [1.807, 2.05) is 48.5 Å². The average Bonchev–Trinajstić information content (AvgIpc) is 2.71. The number of hydrogen-bond acceptors (Lipinski definition) is 3. The molecule has 2 aromatic carbocycles. The standard InChI is InChI=1S/C21H28N4O2.HI/c1-4-16-8-7-10-18(14-16)25-20(26)15-24-21(22-2)23-13-12-17-9-5-6-11-19(17)27-3;/h5-11,14H,4,12-13,15H2,1-3H3,(H,25,26)(H2,22,23,24);1H. The van der Waals surface area contributed by atoms with E-state index in [-0.39, 0.29) is 36.4 Å². The number of guanidine groups is 1. The Morgan fingerprint density at radius 3 is 2.61 bits per heavy atom. The van der Waals surface area contributed by atoms with Crippen molar-refractivity contribution in [3.63, 3.8) is 0 Å². The van der Waals surface area contributed by atoms with Crippen LogP contribution in [0.5, 0.6) is 5.75 Å². The molecule has 3 N–H and O–H groups in total. The number of nitrogens with zero attached hydrogens (tertiary/aromatic N) is 1. The zero-order valence-corrected chi connectivity index (χ0v) is 18.9. The molecule has 1 amide bonds. The maximum absolute atomic E-state index is 12.1. The van der Waals surface area contributed by atoms with Gasteiger partial charge in [-0.25, -0.2) is 0 Å². The number of carbonyl (C=O) groups is 1. The van der Waals surface area contributed by atoms with Gasteiger partial charge in [-0.15, -0.1) is 24.0 Å².